The predicted molar refractivity (Wildman–Crippen MR) is 108 cm³/mol. The van der Waals surface area contributed by atoms with Gasteiger partial charge >= 0.3 is 0 Å². The molecule has 0 saturated carbocycles. The number of hydrogen-bond acceptors (Lipinski definition) is 4. The van der Waals surface area contributed by atoms with Crippen LogP contribution in [0.1, 0.15) is 38.5 Å². The number of carbonyl (C=O) groups excluding carboxylic acids is 2. The van der Waals surface area contributed by atoms with Gasteiger partial charge in [-0.2, -0.15) is 0 Å². The van der Waals surface area contributed by atoms with E-state index in [-0.39, 0.29) is 23.3 Å². The lowest BCUT2D eigenvalue weighted by atomic mass is 9.72. The first-order valence-electron chi connectivity index (χ1n) is 10.6. The maximum atomic E-state index is 12.4. The summed E-state index contributed by atoms with van der Waals surface area (Å²) in [5.74, 6) is 0.326. The van der Waals surface area contributed by atoms with E-state index in [0.29, 0.717) is 13.0 Å². The van der Waals surface area contributed by atoms with Crippen LogP contribution in [0.25, 0.3) is 0 Å². The summed E-state index contributed by atoms with van der Waals surface area (Å²) in [6, 6.07) is 9.60. The number of hydrogen-bond donors (Lipinski definition) is 1. The SMILES string of the molecule is O=C(CN1CCC2(CCC(=O)N(C[C@@H]3CCCO3)C2)CC1)Nc1ccccc1. The van der Waals surface area contributed by atoms with E-state index in [2.05, 4.69) is 15.1 Å². The van der Waals surface area contributed by atoms with Gasteiger partial charge in [0.15, 0.2) is 0 Å². The average Bonchev–Trinajstić information content (AvgIpc) is 3.21. The van der Waals surface area contributed by atoms with Gasteiger partial charge in [-0.3, -0.25) is 14.5 Å². The van der Waals surface area contributed by atoms with E-state index in [0.717, 1.165) is 70.6 Å². The van der Waals surface area contributed by atoms with Crippen LogP contribution in [0.3, 0.4) is 0 Å². The van der Waals surface area contributed by atoms with Gasteiger partial charge in [-0.1, -0.05) is 18.2 Å². The Balaban J connectivity index is 1.26. The fourth-order valence-electron chi connectivity index (χ4n) is 4.82. The number of piperidine rings is 2. The van der Waals surface area contributed by atoms with Crippen molar-refractivity contribution in [3.05, 3.63) is 30.3 Å². The minimum absolute atomic E-state index is 0.0426. The second kappa shape index (κ2) is 8.62. The Hall–Kier alpha value is -1.92. The third-order valence-corrected chi connectivity index (χ3v) is 6.54. The molecular formula is C22H31N3O3. The molecule has 1 N–H and O–H groups in total. The van der Waals surface area contributed by atoms with Crippen molar-refractivity contribution < 1.29 is 14.3 Å². The summed E-state index contributed by atoms with van der Waals surface area (Å²) in [7, 11) is 0. The topological polar surface area (TPSA) is 61.9 Å². The van der Waals surface area contributed by atoms with Crippen molar-refractivity contribution in [2.24, 2.45) is 5.41 Å². The summed E-state index contributed by atoms with van der Waals surface area (Å²) in [6.45, 7) is 4.72. The monoisotopic (exact) mass is 385 g/mol. The Labute approximate surface area is 167 Å². The normalized spacial score (nSPS) is 25.2. The van der Waals surface area contributed by atoms with Crippen molar-refractivity contribution in [2.75, 3.05) is 44.6 Å². The number of rotatable bonds is 5. The molecule has 0 bridgehead atoms. The summed E-state index contributed by atoms with van der Waals surface area (Å²) in [5, 5.41) is 2.97. The first-order valence-corrected chi connectivity index (χ1v) is 10.6. The van der Waals surface area contributed by atoms with Gasteiger partial charge in [0.25, 0.3) is 0 Å². The summed E-state index contributed by atoms with van der Waals surface area (Å²) in [4.78, 5) is 29.0. The Bertz CT molecular complexity index is 680. The standard InChI is InChI=1S/C22H31N3O3/c26-20(23-18-5-2-1-3-6-18)16-24-12-10-22(11-13-24)9-8-21(27)25(17-22)15-19-7-4-14-28-19/h1-3,5-6,19H,4,7-17H2,(H,23,26)/t19-/m0/s1. The van der Waals surface area contributed by atoms with Gasteiger partial charge in [0.2, 0.25) is 11.8 Å². The number of nitrogens with zero attached hydrogens (tertiary/aromatic N) is 2. The second-order valence-electron chi connectivity index (χ2n) is 8.60. The van der Waals surface area contributed by atoms with E-state index in [4.69, 9.17) is 4.74 Å². The van der Waals surface area contributed by atoms with E-state index in [9.17, 15) is 9.59 Å². The molecule has 0 aliphatic carbocycles. The molecule has 3 heterocycles. The van der Waals surface area contributed by atoms with Crippen LogP contribution in [-0.2, 0) is 14.3 Å². The summed E-state index contributed by atoms with van der Waals surface area (Å²) in [5.41, 5.74) is 1.07. The average molecular weight is 386 g/mol. The smallest absolute Gasteiger partial charge is 0.238 e. The van der Waals surface area contributed by atoms with Gasteiger partial charge < -0.3 is 15.0 Å². The van der Waals surface area contributed by atoms with Crippen LogP contribution >= 0.6 is 0 Å². The molecule has 1 aromatic carbocycles. The Morgan fingerprint density at radius 2 is 1.96 bits per heavy atom. The lowest BCUT2D eigenvalue weighted by molar-refractivity contribution is -0.141. The van der Waals surface area contributed by atoms with Crippen LogP contribution < -0.4 is 5.32 Å². The number of anilines is 1. The zero-order valence-corrected chi connectivity index (χ0v) is 16.6. The summed E-state index contributed by atoms with van der Waals surface area (Å²) < 4.78 is 5.74. The molecule has 3 aliphatic heterocycles. The van der Waals surface area contributed by atoms with Crippen molar-refractivity contribution in [3.63, 3.8) is 0 Å². The molecule has 1 atom stereocenters. The van der Waals surface area contributed by atoms with E-state index in [1.54, 1.807) is 0 Å². The Morgan fingerprint density at radius 3 is 2.68 bits per heavy atom. The molecule has 0 unspecified atom stereocenters. The van der Waals surface area contributed by atoms with E-state index in [1.807, 2.05) is 30.3 Å². The molecule has 0 aromatic heterocycles. The van der Waals surface area contributed by atoms with Crippen LogP contribution in [0.4, 0.5) is 5.69 Å². The van der Waals surface area contributed by atoms with Crippen LogP contribution in [0.5, 0.6) is 0 Å². The minimum Gasteiger partial charge on any atom is -0.376 e. The lowest BCUT2D eigenvalue weighted by Crippen LogP contribution is -2.53. The third-order valence-electron chi connectivity index (χ3n) is 6.54. The molecular weight excluding hydrogens is 354 g/mol. The molecule has 152 valence electrons. The molecule has 6 heteroatoms. The fraction of sp³-hybridized carbons (Fsp3) is 0.636. The lowest BCUT2D eigenvalue weighted by Gasteiger charge is -2.47. The molecule has 3 saturated heterocycles. The second-order valence-corrected chi connectivity index (χ2v) is 8.60. The fourth-order valence-corrected chi connectivity index (χ4v) is 4.82. The highest BCUT2D eigenvalue weighted by molar-refractivity contribution is 5.92. The van der Waals surface area contributed by atoms with Crippen molar-refractivity contribution in [2.45, 2.75) is 44.6 Å². The molecule has 6 nitrogen and oxygen atoms in total. The first kappa shape index (κ1) is 19.4. The van der Waals surface area contributed by atoms with Gasteiger partial charge in [-0.05, 0) is 62.7 Å². The van der Waals surface area contributed by atoms with Gasteiger partial charge in [-0.25, -0.2) is 0 Å². The van der Waals surface area contributed by atoms with E-state index < -0.39 is 0 Å². The minimum atomic E-state index is 0.0426. The number of nitrogens with one attached hydrogen (secondary N) is 1. The highest BCUT2D eigenvalue weighted by Crippen LogP contribution is 2.40. The summed E-state index contributed by atoms with van der Waals surface area (Å²) >= 11 is 0. The largest absolute Gasteiger partial charge is 0.376 e. The molecule has 3 fully saturated rings. The zero-order chi connectivity index (χ0) is 19.4. The number of carbonyl (C=O) groups is 2. The quantitative estimate of drug-likeness (QED) is 0.846. The zero-order valence-electron chi connectivity index (χ0n) is 16.6. The van der Waals surface area contributed by atoms with Crippen molar-refractivity contribution in [1.29, 1.82) is 0 Å². The maximum absolute atomic E-state index is 12.4. The van der Waals surface area contributed by atoms with Crippen LogP contribution in [-0.4, -0.2) is 67.0 Å². The highest BCUT2D eigenvalue weighted by atomic mass is 16.5. The molecule has 0 radical (unpaired) electrons. The number of ether oxygens (including phenoxy) is 1. The number of benzene rings is 1. The number of para-hydroxylation sites is 1. The van der Waals surface area contributed by atoms with Gasteiger partial charge in [-0.15, -0.1) is 0 Å². The summed E-state index contributed by atoms with van der Waals surface area (Å²) in [6.07, 6.45) is 6.15. The Morgan fingerprint density at radius 1 is 1.18 bits per heavy atom. The first-order chi connectivity index (χ1) is 13.6. The molecule has 28 heavy (non-hydrogen) atoms. The molecule has 1 aromatic rings. The van der Waals surface area contributed by atoms with Gasteiger partial charge in [0.05, 0.1) is 12.6 Å². The van der Waals surface area contributed by atoms with Crippen molar-refractivity contribution >= 4 is 17.5 Å². The molecule has 2 amide bonds. The number of amides is 2. The van der Waals surface area contributed by atoms with Crippen LogP contribution in [0.2, 0.25) is 0 Å². The number of likely N-dealkylation sites (tertiary alicyclic amines) is 2. The molecule has 3 aliphatic rings. The maximum Gasteiger partial charge on any atom is 0.238 e. The van der Waals surface area contributed by atoms with Crippen molar-refractivity contribution in [3.8, 4) is 0 Å². The van der Waals surface area contributed by atoms with Gasteiger partial charge in [0, 0.05) is 31.8 Å². The van der Waals surface area contributed by atoms with Gasteiger partial charge in [0.1, 0.15) is 0 Å². The van der Waals surface area contributed by atoms with Crippen LogP contribution in [0.15, 0.2) is 30.3 Å². The van der Waals surface area contributed by atoms with Crippen molar-refractivity contribution in [1.82, 2.24) is 9.80 Å². The van der Waals surface area contributed by atoms with E-state index >= 15 is 0 Å². The third kappa shape index (κ3) is 4.73. The van der Waals surface area contributed by atoms with Crippen LogP contribution in [0, 0.1) is 5.41 Å². The Kier molecular flexibility index (Phi) is 5.97. The highest BCUT2D eigenvalue weighted by Gasteiger charge is 2.41. The molecule has 1 spiro atoms. The molecule has 4 rings (SSSR count). The predicted octanol–water partition coefficient (Wildman–Crippen LogP) is 2.51. The van der Waals surface area contributed by atoms with E-state index in [1.165, 1.54) is 0 Å².